The van der Waals surface area contributed by atoms with Crippen molar-refractivity contribution in [2.24, 2.45) is 0 Å². The fourth-order valence-corrected chi connectivity index (χ4v) is 6.63. The molecule has 0 atom stereocenters. The quantitative estimate of drug-likeness (QED) is 0.188. The van der Waals surface area contributed by atoms with Gasteiger partial charge in [0.2, 0.25) is 0 Å². The average Bonchev–Trinajstić information content (AvgIpc) is 3.55. The van der Waals surface area contributed by atoms with Crippen LogP contribution in [0.2, 0.25) is 10.0 Å². The largest absolute Gasteiger partial charge is 0.451 e. The number of nitrogens with zero attached hydrogens (tertiary/aromatic N) is 3. The number of carbonyl (C=O) groups is 1. The minimum absolute atomic E-state index is 0.0642. The number of halogens is 2. The molecule has 7 rings (SSSR count). The van der Waals surface area contributed by atoms with E-state index in [0.717, 1.165) is 59.2 Å². The van der Waals surface area contributed by atoms with Gasteiger partial charge in [0.1, 0.15) is 5.75 Å². The highest BCUT2D eigenvalue weighted by Crippen LogP contribution is 2.50. The third-order valence-corrected chi connectivity index (χ3v) is 8.99. The maximum atomic E-state index is 11.8. The highest BCUT2D eigenvalue weighted by molar-refractivity contribution is 7.22. The lowest BCUT2D eigenvalue weighted by molar-refractivity contribution is 0.101. The summed E-state index contributed by atoms with van der Waals surface area (Å²) in [5.41, 5.74) is 5.26. The minimum atomic E-state index is 0.0642. The van der Waals surface area contributed by atoms with Gasteiger partial charge in [0.05, 0.1) is 20.3 Å². The van der Waals surface area contributed by atoms with Crippen LogP contribution in [-0.4, -0.2) is 22.5 Å². The summed E-state index contributed by atoms with van der Waals surface area (Å²) in [6.45, 7) is 3.19. The van der Waals surface area contributed by atoms with Crippen molar-refractivity contribution in [3.05, 3.63) is 87.1 Å². The Bertz CT molecular complexity index is 1740. The first-order valence-corrected chi connectivity index (χ1v) is 14.4. The van der Waals surface area contributed by atoms with Crippen LogP contribution in [0.25, 0.3) is 21.5 Å². The second kappa shape index (κ2) is 9.66. The molecule has 0 unspecified atom stereocenters. The molecule has 1 aliphatic carbocycles. The molecule has 1 saturated carbocycles. The Morgan fingerprint density at radius 1 is 1.08 bits per heavy atom. The number of hydrogen-bond donors (Lipinski definition) is 0. The summed E-state index contributed by atoms with van der Waals surface area (Å²) in [7, 11) is 0. The van der Waals surface area contributed by atoms with E-state index < -0.39 is 0 Å². The highest BCUT2D eigenvalue weighted by Gasteiger charge is 2.35. The number of fused-ring (bicyclic) bond motifs is 2. The number of Topliss-reactive ketones (excluding diaryl/α,β-unsaturated/α-hetero) is 1. The SMILES string of the molecule is CC(=O)c1ccc2nc(N3CCc4cc(Oc5c(-c6c(Cl)cccc6Cl)noc5C5CC5)ccc4C3)sc2c1. The van der Waals surface area contributed by atoms with Crippen LogP contribution in [0.15, 0.2) is 59.1 Å². The fourth-order valence-electron chi connectivity index (χ4n) is 5.02. The number of thiazole rings is 1. The summed E-state index contributed by atoms with van der Waals surface area (Å²) in [6, 6.07) is 17.3. The molecule has 1 fully saturated rings. The third-order valence-electron chi connectivity index (χ3n) is 7.29. The summed E-state index contributed by atoms with van der Waals surface area (Å²) < 4.78 is 13.3. The van der Waals surface area contributed by atoms with E-state index in [1.165, 1.54) is 11.1 Å². The first-order valence-electron chi connectivity index (χ1n) is 12.8. The maximum Gasteiger partial charge on any atom is 0.198 e. The van der Waals surface area contributed by atoms with Gasteiger partial charge in [-0.15, -0.1) is 0 Å². The van der Waals surface area contributed by atoms with Crippen molar-refractivity contribution in [3.8, 4) is 22.8 Å². The van der Waals surface area contributed by atoms with E-state index in [0.29, 0.717) is 38.5 Å². The number of ether oxygens (including phenoxy) is 1. The first kappa shape index (κ1) is 24.6. The van der Waals surface area contributed by atoms with Crippen LogP contribution >= 0.6 is 34.5 Å². The second-order valence-electron chi connectivity index (χ2n) is 10.0. The summed E-state index contributed by atoms with van der Waals surface area (Å²) in [5, 5.41) is 6.30. The van der Waals surface area contributed by atoms with E-state index in [2.05, 4.69) is 22.2 Å². The third kappa shape index (κ3) is 4.58. The van der Waals surface area contributed by atoms with Crippen LogP contribution in [0, 0.1) is 0 Å². The predicted molar refractivity (Wildman–Crippen MR) is 155 cm³/mol. The molecule has 3 heterocycles. The van der Waals surface area contributed by atoms with E-state index in [1.54, 1.807) is 36.5 Å². The van der Waals surface area contributed by atoms with Crippen LogP contribution in [0.1, 0.15) is 52.9 Å². The molecule has 9 heteroatoms. The number of benzene rings is 3. The lowest BCUT2D eigenvalue weighted by atomic mass is 10.00. The molecule has 1 aliphatic heterocycles. The van der Waals surface area contributed by atoms with Crippen LogP contribution in [0.4, 0.5) is 5.13 Å². The van der Waals surface area contributed by atoms with Crippen LogP contribution in [0.5, 0.6) is 11.5 Å². The molecule has 0 saturated heterocycles. The average molecular weight is 577 g/mol. The van der Waals surface area contributed by atoms with Crippen LogP contribution in [-0.2, 0) is 13.0 Å². The van der Waals surface area contributed by atoms with E-state index >= 15 is 0 Å². The van der Waals surface area contributed by atoms with Crippen molar-refractivity contribution in [2.75, 3.05) is 11.4 Å². The van der Waals surface area contributed by atoms with Gasteiger partial charge in [0, 0.05) is 30.1 Å². The van der Waals surface area contributed by atoms with E-state index in [-0.39, 0.29) is 5.78 Å². The Labute approximate surface area is 239 Å². The minimum Gasteiger partial charge on any atom is -0.451 e. The molecule has 2 aromatic heterocycles. The molecule has 0 amide bonds. The fraction of sp³-hybridized carbons (Fsp3) is 0.233. The standard InChI is InChI=1S/C30H23Cl2N3O3S/c1-16(36)18-8-10-24-25(14-18)39-30(33-24)35-12-11-19-13-21(9-7-20(19)15-35)37-29-27(34-38-28(29)17-5-6-17)26-22(31)3-2-4-23(26)32/h2-4,7-10,13-14,17H,5-6,11-12,15H2,1H3. The molecule has 6 nitrogen and oxygen atoms in total. The summed E-state index contributed by atoms with van der Waals surface area (Å²) in [4.78, 5) is 18.9. The van der Waals surface area contributed by atoms with Crippen molar-refractivity contribution in [1.82, 2.24) is 10.1 Å². The Hall–Kier alpha value is -3.39. The molecule has 0 N–H and O–H groups in total. The van der Waals surface area contributed by atoms with Crippen molar-refractivity contribution in [1.29, 1.82) is 0 Å². The zero-order valence-corrected chi connectivity index (χ0v) is 23.4. The number of ketones is 1. The molecular formula is C30H23Cl2N3O3S. The summed E-state index contributed by atoms with van der Waals surface area (Å²) >= 11 is 14.6. The van der Waals surface area contributed by atoms with Crippen molar-refractivity contribution in [2.45, 2.75) is 38.6 Å². The molecule has 3 aromatic carbocycles. The molecule has 5 aromatic rings. The van der Waals surface area contributed by atoms with Crippen molar-refractivity contribution < 1.29 is 14.1 Å². The highest BCUT2D eigenvalue weighted by atomic mass is 35.5. The smallest absolute Gasteiger partial charge is 0.198 e. The van der Waals surface area contributed by atoms with Gasteiger partial charge in [-0.2, -0.15) is 0 Å². The van der Waals surface area contributed by atoms with Gasteiger partial charge in [-0.3, -0.25) is 4.79 Å². The molecular weight excluding hydrogens is 553 g/mol. The lowest BCUT2D eigenvalue weighted by Gasteiger charge is -2.28. The Morgan fingerprint density at radius 2 is 1.90 bits per heavy atom. The molecule has 196 valence electrons. The number of anilines is 1. The van der Waals surface area contributed by atoms with Gasteiger partial charge in [-0.25, -0.2) is 4.98 Å². The normalized spacial score (nSPS) is 15.0. The van der Waals surface area contributed by atoms with Gasteiger partial charge in [0.25, 0.3) is 0 Å². The monoisotopic (exact) mass is 575 g/mol. The lowest BCUT2D eigenvalue weighted by Crippen LogP contribution is -2.30. The van der Waals surface area contributed by atoms with Gasteiger partial charge in [-0.1, -0.05) is 51.8 Å². The van der Waals surface area contributed by atoms with Crippen molar-refractivity contribution >= 4 is 55.7 Å². The Balaban J connectivity index is 1.16. The van der Waals surface area contributed by atoms with E-state index in [4.69, 9.17) is 37.4 Å². The maximum absolute atomic E-state index is 11.8. The van der Waals surface area contributed by atoms with Crippen LogP contribution < -0.4 is 9.64 Å². The number of rotatable bonds is 6. The molecule has 39 heavy (non-hydrogen) atoms. The van der Waals surface area contributed by atoms with E-state index in [9.17, 15) is 4.79 Å². The summed E-state index contributed by atoms with van der Waals surface area (Å²) in [5.74, 6) is 2.43. The van der Waals surface area contributed by atoms with Gasteiger partial charge >= 0.3 is 0 Å². The predicted octanol–water partition coefficient (Wildman–Crippen LogP) is 8.69. The van der Waals surface area contributed by atoms with Gasteiger partial charge in [0.15, 0.2) is 28.1 Å². The zero-order valence-electron chi connectivity index (χ0n) is 21.0. The number of aromatic nitrogens is 2. The van der Waals surface area contributed by atoms with Crippen molar-refractivity contribution in [3.63, 3.8) is 0 Å². The van der Waals surface area contributed by atoms with Gasteiger partial charge < -0.3 is 14.2 Å². The zero-order chi connectivity index (χ0) is 26.7. The number of hydrogen-bond acceptors (Lipinski definition) is 7. The Kier molecular flexibility index (Phi) is 6.10. The molecule has 0 spiro atoms. The Morgan fingerprint density at radius 3 is 2.67 bits per heavy atom. The molecule has 0 bridgehead atoms. The van der Waals surface area contributed by atoms with Gasteiger partial charge in [-0.05, 0) is 79.8 Å². The first-order chi connectivity index (χ1) is 18.9. The topological polar surface area (TPSA) is 68.5 Å². The molecule has 0 radical (unpaired) electrons. The second-order valence-corrected chi connectivity index (χ2v) is 11.9. The van der Waals surface area contributed by atoms with E-state index in [1.807, 2.05) is 24.3 Å². The summed E-state index contributed by atoms with van der Waals surface area (Å²) in [6.07, 6.45) is 2.95. The molecule has 2 aliphatic rings. The number of carbonyl (C=O) groups excluding carboxylic acids is 1. The van der Waals surface area contributed by atoms with Crippen LogP contribution in [0.3, 0.4) is 0 Å².